The van der Waals surface area contributed by atoms with Gasteiger partial charge in [-0.05, 0) is 26.4 Å². The van der Waals surface area contributed by atoms with Crippen LogP contribution in [0.3, 0.4) is 0 Å². The fourth-order valence-electron chi connectivity index (χ4n) is 2.01. The summed E-state index contributed by atoms with van der Waals surface area (Å²) < 4.78 is 0. The van der Waals surface area contributed by atoms with Crippen LogP contribution in [-0.2, 0) is 0 Å². The van der Waals surface area contributed by atoms with E-state index in [1.54, 1.807) is 0 Å². The van der Waals surface area contributed by atoms with Gasteiger partial charge < -0.3 is 4.90 Å². The van der Waals surface area contributed by atoms with Crippen LogP contribution in [0, 0.1) is 12.3 Å². The topological polar surface area (TPSA) is 6.48 Å². The van der Waals surface area contributed by atoms with Gasteiger partial charge in [0.05, 0.1) is 6.54 Å². The molecule has 1 aliphatic heterocycles. The molecular weight excluding hydrogens is 160 g/mol. The molecule has 1 saturated heterocycles. The molecule has 0 saturated carbocycles. The van der Waals surface area contributed by atoms with Crippen molar-refractivity contribution in [2.45, 2.75) is 25.8 Å². The van der Waals surface area contributed by atoms with E-state index in [9.17, 15) is 0 Å². The van der Waals surface area contributed by atoms with Crippen LogP contribution in [0.2, 0.25) is 0 Å². The van der Waals surface area contributed by atoms with Crippen molar-refractivity contribution in [1.29, 1.82) is 0 Å². The normalized spacial score (nSPS) is 26.7. The van der Waals surface area contributed by atoms with E-state index >= 15 is 0 Å². The van der Waals surface area contributed by atoms with E-state index in [4.69, 9.17) is 6.42 Å². The van der Waals surface area contributed by atoms with Gasteiger partial charge in [0.15, 0.2) is 0 Å². The molecule has 1 aliphatic rings. The van der Waals surface area contributed by atoms with Gasteiger partial charge in [-0.3, -0.25) is 4.90 Å². The first-order valence-electron chi connectivity index (χ1n) is 5.14. The molecule has 1 atom stereocenters. The average Bonchev–Trinajstić information content (AvgIpc) is 2.29. The zero-order chi connectivity index (χ0) is 9.68. The third-order valence-corrected chi connectivity index (χ3v) is 2.79. The van der Waals surface area contributed by atoms with Crippen LogP contribution in [0.15, 0.2) is 0 Å². The number of likely N-dealkylation sites (N-methyl/N-ethyl adjacent to an activating group) is 1. The number of hydrogen-bond acceptors (Lipinski definition) is 2. The first kappa shape index (κ1) is 10.6. The molecule has 1 fully saturated rings. The molecule has 13 heavy (non-hydrogen) atoms. The van der Waals surface area contributed by atoms with Gasteiger partial charge in [-0.25, -0.2) is 0 Å². The Balaban J connectivity index is 2.54. The minimum absolute atomic E-state index is 0.656. The maximum absolute atomic E-state index is 5.36. The second kappa shape index (κ2) is 5.26. The molecule has 2 heteroatoms. The standard InChI is InChI=1S/C11H20N2/c1-4-7-13-9-6-8-12(3)10-11(13)5-2/h1,11H,5-10H2,2-3H3. The molecule has 1 heterocycles. The minimum atomic E-state index is 0.656. The van der Waals surface area contributed by atoms with Crippen LogP contribution in [0.4, 0.5) is 0 Å². The molecule has 0 aliphatic carbocycles. The monoisotopic (exact) mass is 180 g/mol. The summed E-state index contributed by atoms with van der Waals surface area (Å²) in [7, 11) is 2.20. The Kier molecular flexibility index (Phi) is 4.27. The predicted molar refractivity (Wildman–Crippen MR) is 56.6 cm³/mol. The van der Waals surface area contributed by atoms with Gasteiger partial charge in [-0.2, -0.15) is 0 Å². The van der Waals surface area contributed by atoms with Gasteiger partial charge in [0.1, 0.15) is 0 Å². The summed E-state index contributed by atoms with van der Waals surface area (Å²) in [4.78, 5) is 4.84. The van der Waals surface area contributed by atoms with Crippen molar-refractivity contribution in [1.82, 2.24) is 9.80 Å². The lowest BCUT2D eigenvalue weighted by molar-refractivity contribution is 0.204. The number of terminal acetylenes is 1. The van der Waals surface area contributed by atoms with Crippen LogP contribution in [0.25, 0.3) is 0 Å². The fourth-order valence-corrected chi connectivity index (χ4v) is 2.01. The third kappa shape index (κ3) is 3.02. The second-order valence-corrected chi connectivity index (χ2v) is 3.85. The number of hydrogen-bond donors (Lipinski definition) is 0. The number of rotatable bonds is 2. The summed E-state index contributed by atoms with van der Waals surface area (Å²) in [5, 5.41) is 0. The quantitative estimate of drug-likeness (QED) is 0.586. The van der Waals surface area contributed by atoms with E-state index in [0.29, 0.717) is 6.04 Å². The van der Waals surface area contributed by atoms with Gasteiger partial charge in [0.25, 0.3) is 0 Å². The first-order chi connectivity index (χ1) is 6.27. The molecule has 0 aromatic heterocycles. The van der Waals surface area contributed by atoms with Crippen LogP contribution in [0.1, 0.15) is 19.8 Å². The van der Waals surface area contributed by atoms with Gasteiger partial charge in [-0.1, -0.05) is 12.8 Å². The first-order valence-corrected chi connectivity index (χ1v) is 5.14. The average molecular weight is 180 g/mol. The summed E-state index contributed by atoms with van der Waals surface area (Å²) in [6.45, 7) is 6.59. The smallest absolute Gasteiger partial charge is 0.0601 e. The van der Waals surface area contributed by atoms with Crippen LogP contribution < -0.4 is 0 Å². The third-order valence-electron chi connectivity index (χ3n) is 2.79. The Morgan fingerprint density at radius 3 is 2.85 bits per heavy atom. The lowest BCUT2D eigenvalue weighted by Gasteiger charge is -2.28. The molecule has 0 radical (unpaired) electrons. The van der Waals surface area contributed by atoms with Crippen LogP contribution in [0.5, 0.6) is 0 Å². The van der Waals surface area contributed by atoms with Crippen molar-refractivity contribution in [3.8, 4) is 12.3 Å². The van der Waals surface area contributed by atoms with Crippen molar-refractivity contribution in [3.63, 3.8) is 0 Å². The Morgan fingerprint density at radius 1 is 1.46 bits per heavy atom. The number of nitrogens with zero attached hydrogens (tertiary/aromatic N) is 2. The summed E-state index contributed by atoms with van der Waals surface area (Å²) in [6, 6.07) is 0.656. The van der Waals surface area contributed by atoms with Crippen molar-refractivity contribution in [2.75, 3.05) is 33.2 Å². The highest BCUT2D eigenvalue weighted by atomic mass is 15.2. The van der Waals surface area contributed by atoms with E-state index in [-0.39, 0.29) is 0 Å². The zero-order valence-corrected chi connectivity index (χ0v) is 8.79. The largest absolute Gasteiger partial charge is 0.305 e. The summed E-state index contributed by atoms with van der Waals surface area (Å²) in [5.41, 5.74) is 0. The van der Waals surface area contributed by atoms with E-state index < -0.39 is 0 Å². The molecule has 0 aromatic carbocycles. The van der Waals surface area contributed by atoms with E-state index in [0.717, 1.165) is 19.6 Å². The highest BCUT2D eigenvalue weighted by Gasteiger charge is 2.20. The van der Waals surface area contributed by atoms with Gasteiger partial charge in [-0.15, -0.1) is 6.42 Å². The molecule has 0 N–H and O–H groups in total. The van der Waals surface area contributed by atoms with Crippen molar-refractivity contribution in [3.05, 3.63) is 0 Å². The highest BCUT2D eigenvalue weighted by Crippen LogP contribution is 2.10. The molecule has 0 spiro atoms. The van der Waals surface area contributed by atoms with Crippen molar-refractivity contribution in [2.24, 2.45) is 0 Å². The van der Waals surface area contributed by atoms with E-state index in [1.165, 1.54) is 19.4 Å². The van der Waals surface area contributed by atoms with Crippen LogP contribution in [-0.4, -0.2) is 49.1 Å². The minimum Gasteiger partial charge on any atom is -0.305 e. The highest BCUT2D eigenvalue weighted by molar-refractivity contribution is 4.91. The molecule has 0 bridgehead atoms. The summed E-state index contributed by atoms with van der Waals surface area (Å²) in [6.07, 6.45) is 7.80. The second-order valence-electron chi connectivity index (χ2n) is 3.85. The van der Waals surface area contributed by atoms with E-state index in [1.807, 2.05) is 0 Å². The van der Waals surface area contributed by atoms with Crippen molar-refractivity contribution < 1.29 is 0 Å². The molecule has 74 valence electrons. The van der Waals surface area contributed by atoms with Gasteiger partial charge in [0, 0.05) is 19.1 Å². The molecule has 2 nitrogen and oxygen atoms in total. The summed E-state index contributed by atoms with van der Waals surface area (Å²) >= 11 is 0. The molecule has 0 amide bonds. The predicted octanol–water partition coefficient (Wildman–Crippen LogP) is 1.04. The van der Waals surface area contributed by atoms with Gasteiger partial charge in [0.2, 0.25) is 0 Å². The fraction of sp³-hybridized carbons (Fsp3) is 0.818. The summed E-state index contributed by atoms with van der Waals surface area (Å²) in [5.74, 6) is 2.75. The van der Waals surface area contributed by atoms with Crippen LogP contribution >= 0.6 is 0 Å². The van der Waals surface area contributed by atoms with E-state index in [2.05, 4.69) is 29.7 Å². The molecule has 1 unspecified atom stereocenters. The zero-order valence-electron chi connectivity index (χ0n) is 8.79. The maximum atomic E-state index is 5.36. The molecule has 1 rings (SSSR count). The lowest BCUT2D eigenvalue weighted by atomic mass is 10.2. The molecular formula is C11H20N2. The van der Waals surface area contributed by atoms with Crippen molar-refractivity contribution >= 4 is 0 Å². The Bertz CT molecular complexity index is 183. The Hall–Kier alpha value is -0.520. The SMILES string of the molecule is C#CCN1CCCN(C)CC1CC. The maximum Gasteiger partial charge on any atom is 0.0601 e. The lowest BCUT2D eigenvalue weighted by Crippen LogP contribution is -2.39. The molecule has 0 aromatic rings. The Morgan fingerprint density at radius 2 is 2.23 bits per heavy atom. The Labute approximate surface area is 81.9 Å². The van der Waals surface area contributed by atoms with Gasteiger partial charge >= 0.3 is 0 Å².